The maximum absolute atomic E-state index is 11.8. The van der Waals surface area contributed by atoms with Crippen LogP contribution in [0.2, 0.25) is 0 Å². The zero-order valence-electron chi connectivity index (χ0n) is 27.4. The third-order valence-corrected chi connectivity index (χ3v) is 14.2. The molecule has 0 spiro atoms. The Hall–Kier alpha value is -0.520. The van der Waals surface area contributed by atoms with Crippen molar-refractivity contribution in [2.24, 2.45) is 40.4 Å². The summed E-state index contributed by atoms with van der Waals surface area (Å²) >= 11 is 0. The first-order valence-corrected chi connectivity index (χ1v) is 17.2. The zero-order valence-corrected chi connectivity index (χ0v) is 27.4. The Kier molecular flexibility index (Phi) is 9.49. The van der Waals surface area contributed by atoms with Crippen LogP contribution in [0.15, 0.2) is 0 Å². The SMILES string of the molecule is COC1(CCCCOC2OC(CO)C(O)C(O)C2O)OC2CC3C4CCC5(O)C(O)C(O)C(O)C(O)C5(C)C4CCC3(C)C2C1C. The molecule has 6 fully saturated rings. The Morgan fingerprint density at radius 2 is 1.52 bits per heavy atom. The van der Waals surface area contributed by atoms with Crippen molar-refractivity contribution in [3.63, 3.8) is 0 Å². The molecule has 0 aromatic carbocycles. The highest BCUT2D eigenvalue weighted by atomic mass is 16.7. The van der Waals surface area contributed by atoms with Crippen molar-refractivity contribution in [3.8, 4) is 0 Å². The highest BCUT2D eigenvalue weighted by Gasteiger charge is 2.74. The lowest BCUT2D eigenvalue weighted by Crippen LogP contribution is -2.77. The summed E-state index contributed by atoms with van der Waals surface area (Å²) in [5.41, 5.74) is -2.94. The fourth-order valence-corrected chi connectivity index (χ4v) is 11.5. The molecule has 13 nitrogen and oxygen atoms in total. The maximum atomic E-state index is 11.8. The molecule has 19 atom stereocenters. The van der Waals surface area contributed by atoms with E-state index in [2.05, 4.69) is 13.8 Å². The molecule has 6 rings (SSSR count). The van der Waals surface area contributed by atoms with Gasteiger partial charge in [-0.25, -0.2) is 0 Å². The first-order valence-electron chi connectivity index (χ1n) is 17.2. The molecule has 2 aliphatic heterocycles. The molecule has 2 saturated heterocycles. The number of aliphatic hydroxyl groups is 9. The Bertz CT molecular complexity index is 1100. The van der Waals surface area contributed by atoms with E-state index in [1.165, 1.54) is 0 Å². The minimum Gasteiger partial charge on any atom is -0.394 e. The van der Waals surface area contributed by atoms with Gasteiger partial charge in [-0.3, -0.25) is 0 Å². The van der Waals surface area contributed by atoms with E-state index in [0.29, 0.717) is 32.1 Å². The second-order valence-corrected chi connectivity index (χ2v) is 15.8. The number of ether oxygens (including phenoxy) is 4. The van der Waals surface area contributed by atoms with Crippen LogP contribution in [0.3, 0.4) is 0 Å². The molecule has 0 amide bonds. The van der Waals surface area contributed by atoms with Crippen LogP contribution >= 0.6 is 0 Å². The van der Waals surface area contributed by atoms with Crippen LogP contribution in [0, 0.1) is 40.4 Å². The molecule has 0 bridgehead atoms. The number of methoxy groups -OCH3 is 1. The van der Waals surface area contributed by atoms with E-state index >= 15 is 0 Å². The van der Waals surface area contributed by atoms with Crippen LogP contribution in [0.4, 0.5) is 0 Å². The second kappa shape index (κ2) is 12.4. The van der Waals surface area contributed by atoms with Gasteiger partial charge < -0.3 is 64.9 Å². The van der Waals surface area contributed by atoms with Crippen LogP contribution in [0.5, 0.6) is 0 Å². The number of fused-ring (bicyclic) bond motifs is 7. The zero-order chi connectivity index (χ0) is 33.6. The van der Waals surface area contributed by atoms with E-state index in [1.54, 1.807) is 14.0 Å². The van der Waals surface area contributed by atoms with Crippen molar-refractivity contribution in [1.29, 1.82) is 0 Å². The molecule has 19 unspecified atom stereocenters. The van der Waals surface area contributed by atoms with Crippen molar-refractivity contribution in [2.75, 3.05) is 20.3 Å². The number of unbranched alkanes of at least 4 members (excludes halogenated alkanes) is 1. The van der Waals surface area contributed by atoms with E-state index in [4.69, 9.17) is 18.9 Å². The number of aliphatic hydroxyl groups excluding tert-OH is 8. The quantitative estimate of drug-likeness (QED) is 0.143. The molecule has 266 valence electrons. The number of rotatable bonds is 8. The molecule has 46 heavy (non-hydrogen) atoms. The van der Waals surface area contributed by atoms with Crippen molar-refractivity contribution < 1.29 is 64.9 Å². The van der Waals surface area contributed by atoms with Gasteiger partial charge in [0.15, 0.2) is 12.1 Å². The Labute approximate surface area is 270 Å². The molecule has 0 radical (unpaired) electrons. The summed E-state index contributed by atoms with van der Waals surface area (Å²) in [6.07, 6.45) is -7.44. The fourth-order valence-electron chi connectivity index (χ4n) is 11.5. The Balaban J connectivity index is 1.10. The lowest BCUT2D eigenvalue weighted by Gasteiger charge is -2.67. The monoisotopic (exact) mass is 660 g/mol. The van der Waals surface area contributed by atoms with Crippen molar-refractivity contribution in [3.05, 3.63) is 0 Å². The van der Waals surface area contributed by atoms with Gasteiger partial charge in [-0.1, -0.05) is 20.8 Å². The first kappa shape index (κ1) is 35.3. The van der Waals surface area contributed by atoms with Gasteiger partial charge in [0.25, 0.3) is 0 Å². The summed E-state index contributed by atoms with van der Waals surface area (Å²) in [5.74, 6) is -0.193. The molecule has 0 aromatic rings. The standard InChI is InChI=1S/C33H56O13/c1-15-21-19(46-33(15,43-4)9-5-6-12-44-29-26(39)23(36)22(35)20(14-34)45-29)13-18-16-7-11-32(42)28(41)25(38)24(37)27(40)31(32,3)17(16)8-10-30(18,21)2/h15-29,34-42H,5-14H2,1-4H3. The molecule has 0 aromatic heterocycles. The van der Waals surface area contributed by atoms with E-state index < -0.39 is 78.5 Å². The summed E-state index contributed by atoms with van der Waals surface area (Å²) in [5, 5.41) is 94.8. The van der Waals surface area contributed by atoms with Gasteiger partial charge >= 0.3 is 0 Å². The highest BCUT2D eigenvalue weighted by molar-refractivity contribution is 5.22. The fraction of sp³-hybridized carbons (Fsp3) is 1.00. The van der Waals surface area contributed by atoms with Crippen molar-refractivity contribution in [2.45, 2.75) is 145 Å². The van der Waals surface area contributed by atoms with E-state index in [0.717, 1.165) is 12.8 Å². The third-order valence-electron chi connectivity index (χ3n) is 14.2. The molecule has 4 saturated carbocycles. The molecular weight excluding hydrogens is 604 g/mol. The maximum Gasteiger partial charge on any atom is 0.186 e. The highest BCUT2D eigenvalue weighted by Crippen LogP contribution is 2.71. The number of hydrogen-bond donors (Lipinski definition) is 9. The predicted octanol–water partition coefficient (Wildman–Crippen LogP) is -0.992. The average Bonchev–Trinajstić information content (AvgIpc) is 3.50. The van der Waals surface area contributed by atoms with E-state index in [1.807, 2.05) is 0 Å². The smallest absolute Gasteiger partial charge is 0.186 e. The normalized spacial score (nSPS) is 58.2. The minimum atomic E-state index is -1.70. The van der Waals surface area contributed by atoms with Gasteiger partial charge in [-0.2, -0.15) is 0 Å². The lowest BCUT2D eigenvalue weighted by molar-refractivity contribution is -0.324. The van der Waals surface area contributed by atoms with Crippen molar-refractivity contribution >= 4 is 0 Å². The van der Waals surface area contributed by atoms with E-state index in [-0.39, 0.29) is 54.1 Å². The Morgan fingerprint density at radius 1 is 0.826 bits per heavy atom. The molecule has 2 heterocycles. The largest absolute Gasteiger partial charge is 0.394 e. The van der Waals surface area contributed by atoms with Crippen LogP contribution < -0.4 is 0 Å². The van der Waals surface area contributed by atoms with Crippen molar-refractivity contribution in [1.82, 2.24) is 0 Å². The van der Waals surface area contributed by atoms with Crippen LogP contribution in [-0.2, 0) is 18.9 Å². The summed E-state index contributed by atoms with van der Waals surface area (Å²) in [6.45, 7) is 6.02. The Morgan fingerprint density at radius 3 is 2.20 bits per heavy atom. The lowest BCUT2D eigenvalue weighted by atomic mass is 9.41. The second-order valence-electron chi connectivity index (χ2n) is 15.8. The molecular formula is C33H56O13. The number of hydrogen-bond acceptors (Lipinski definition) is 13. The molecule has 6 aliphatic rings. The molecule has 13 heteroatoms. The summed E-state index contributed by atoms with van der Waals surface area (Å²) in [6, 6.07) is 0. The van der Waals surface area contributed by atoms with Crippen LogP contribution in [0.25, 0.3) is 0 Å². The van der Waals surface area contributed by atoms with Gasteiger partial charge in [0.05, 0.1) is 18.8 Å². The van der Waals surface area contributed by atoms with Crippen LogP contribution in [-0.4, -0.2) is 139 Å². The first-order chi connectivity index (χ1) is 21.6. The van der Waals surface area contributed by atoms with Gasteiger partial charge in [0, 0.05) is 31.5 Å². The van der Waals surface area contributed by atoms with Crippen LogP contribution in [0.1, 0.15) is 72.1 Å². The molecule has 4 aliphatic carbocycles. The van der Waals surface area contributed by atoms with E-state index in [9.17, 15) is 46.0 Å². The average molecular weight is 661 g/mol. The van der Waals surface area contributed by atoms with Gasteiger partial charge in [0.1, 0.15) is 48.3 Å². The predicted molar refractivity (Wildman–Crippen MR) is 160 cm³/mol. The van der Waals surface area contributed by atoms with Gasteiger partial charge in [-0.05, 0) is 74.0 Å². The minimum absolute atomic E-state index is 0.0306. The van der Waals surface area contributed by atoms with Gasteiger partial charge in [-0.15, -0.1) is 0 Å². The summed E-state index contributed by atoms with van der Waals surface area (Å²) in [4.78, 5) is 0. The topological polar surface area (TPSA) is 219 Å². The molecule has 9 N–H and O–H groups in total. The third kappa shape index (κ3) is 4.83. The summed E-state index contributed by atoms with van der Waals surface area (Å²) < 4.78 is 24.1. The van der Waals surface area contributed by atoms with Gasteiger partial charge in [0.2, 0.25) is 0 Å². The summed E-state index contributed by atoms with van der Waals surface area (Å²) in [7, 11) is 1.68.